The van der Waals surface area contributed by atoms with Gasteiger partial charge in [0.2, 0.25) is 0 Å². The van der Waals surface area contributed by atoms with Gasteiger partial charge in [0.1, 0.15) is 5.56 Å². The fourth-order valence-electron chi connectivity index (χ4n) is 5.11. The molecule has 4 aromatic carbocycles. The van der Waals surface area contributed by atoms with Crippen molar-refractivity contribution in [2.24, 2.45) is 0 Å². The van der Waals surface area contributed by atoms with Crippen LogP contribution in [0, 0.1) is 47.1 Å². The van der Waals surface area contributed by atoms with Crippen LogP contribution < -0.4 is 0 Å². The lowest BCUT2D eigenvalue weighted by atomic mass is 10.1. The highest BCUT2D eigenvalue weighted by molar-refractivity contribution is 9.10. The van der Waals surface area contributed by atoms with E-state index in [1.54, 1.807) is 66.7 Å². The van der Waals surface area contributed by atoms with Crippen molar-refractivity contribution >= 4 is 15.9 Å². The third-order valence-corrected chi connectivity index (χ3v) is 8.12. The van der Waals surface area contributed by atoms with Crippen molar-refractivity contribution < 1.29 is 35.1 Å². The minimum absolute atomic E-state index is 0.0949. The molecule has 0 aliphatic carbocycles. The molecule has 0 unspecified atom stereocenters. The lowest BCUT2D eigenvalue weighted by Gasteiger charge is -2.10. The van der Waals surface area contributed by atoms with E-state index >= 15 is 0 Å². The van der Waals surface area contributed by atoms with Gasteiger partial charge in [0.05, 0.1) is 22.8 Å². The molecule has 0 N–H and O–H groups in total. The molecule has 284 valence electrons. The van der Waals surface area contributed by atoms with Gasteiger partial charge in [-0.3, -0.25) is 0 Å². The van der Waals surface area contributed by atoms with Crippen LogP contribution >= 0.6 is 15.9 Å². The Kier molecular flexibility index (Phi) is 12.8. The summed E-state index contributed by atoms with van der Waals surface area (Å²) in [6.07, 6.45) is 0. The summed E-state index contributed by atoms with van der Waals surface area (Å²) in [4.78, 5) is 22.0. The van der Waals surface area contributed by atoms with E-state index in [9.17, 15) is 35.1 Å². The second-order valence-electron chi connectivity index (χ2n) is 11.6. The Morgan fingerprint density at radius 2 is 0.632 bits per heavy atom. The second kappa shape index (κ2) is 18.3. The summed E-state index contributed by atoms with van der Waals surface area (Å²) in [6, 6.07) is 41.6. The van der Waals surface area contributed by atoms with Crippen LogP contribution in [-0.4, -0.2) is 29.9 Å². The number of halogens is 9. The minimum atomic E-state index is -1.76. The van der Waals surface area contributed by atoms with Crippen LogP contribution in [0.4, 0.5) is 35.1 Å². The van der Waals surface area contributed by atoms with Crippen LogP contribution in [-0.2, 0) is 0 Å². The van der Waals surface area contributed by atoms with Crippen LogP contribution in [0.2, 0.25) is 0 Å². The largest absolute Gasteiger partial charge is 0.252 e. The first-order chi connectivity index (χ1) is 27.5. The normalized spacial score (nSPS) is 10.5. The van der Waals surface area contributed by atoms with Gasteiger partial charge in [-0.1, -0.05) is 121 Å². The summed E-state index contributed by atoms with van der Waals surface area (Å²) in [6.45, 7) is 0. The average Bonchev–Trinajstić information content (AvgIpc) is 3.24. The molecule has 0 saturated carbocycles. The van der Waals surface area contributed by atoms with Gasteiger partial charge in [0, 0.05) is 28.3 Å². The highest BCUT2D eigenvalue weighted by Crippen LogP contribution is 2.31. The molecule has 0 atom stereocenters. The number of hydrogen-bond acceptors (Lipinski definition) is 6. The summed E-state index contributed by atoms with van der Waals surface area (Å²) >= 11 is 3.39. The molecular weight excluding hydrogens is 820 g/mol. The van der Waals surface area contributed by atoms with E-state index in [4.69, 9.17) is 0 Å². The van der Waals surface area contributed by atoms with Crippen molar-refractivity contribution in [2.75, 3.05) is 0 Å². The highest BCUT2D eigenvalue weighted by Gasteiger charge is 2.25. The number of aromatic nitrogens is 6. The average molecular weight is 844 g/mol. The van der Waals surface area contributed by atoms with Gasteiger partial charge >= 0.3 is 0 Å². The molecule has 6 nitrogen and oxygen atoms in total. The van der Waals surface area contributed by atoms with Gasteiger partial charge in [-0.25, -0.2) is 37.5 Å². The topological polar surface area (TPSA) is 77.3 Å². The van der Waals surface area contributed by atoms with Crippen LogP contribution in [0.1, 0.15) is 0 Å². The number of nitrogens with zero attached hydrogens (tertiary/aromatic N) is 6. The summed E-state index contributed by atoms with van der Waals surface area (Å²) in [7, 11) is 0. The summed E-state index contributed by atoms with van der Waals surface area (Å²) < 4.78 is 104. The van der Waals surface area contributed by atoms with Gasteiger partial charge in [-0.05, 0) is 28.1 Å². The Bertz CT molecular complexity index is 2430. The molecule has 4 aromatic heterocycles. The molecule has 0 radical (unpaired) electrons. The van der Waals surface area contributed by atoms with Crippen LogP contribution in [0.25, 0.3) is 56.4 Å². The molecule has 8 rings (SSSR count). The summed E-state index contributed by atoms with van der Waals surface area (Å²) in [5, 5.41) is 0. The van der Waals surface area contributed by atoms with E-state index in [-0.39, 0.29) is 6.07 Å². The maximum atomic E-state index is 14.3. The predicted molar refractivity (Wildman–Crippen MR) is 201 cm³/mol. The summed E-state index contributed by atoms with van der Waals surface area (Å²) in [5.41, 5.74) is 5.01. The van der Waals surface area contributed by atoms with Crippen molar-refractivity contribution in [3.05, 3.63) is 191 Å². The van der Waals surface area contributed by atoms with Gasteiger partial charge in [-0.15, -0.1) is 0 Å². The Labute approximate surface area is 327 Å². The smallest absolute Gasteiger partial charge is 0.228 e. The first-order valence-electron chi connectivity index (χ1n) is 16.5. The molecule has 0 saturated heterocycles. The van der Waals surface area contributed by atoms with E-state index in [0.717, 1.165) is 22.5 Å². The molecule has 8 aromatic rings. The van der Waals surface area contributed by atoms with Crippen molar-refractivity contribution in [1.82, 2.24) is 29.9 Å². The molecule has 0 aliphatic rings. The van der Waals surface area contributed by atoms with Gasteiger partial charge in [0.15, 0.2) is 33.8 Å². The maximum absolute atomic E-state index is 14.3. The molecule has 0 spiro atoms. The zero-order valence-corrected chi connectivity index (χ0v) is 30.5. The molecule has 0 fully saturated rings. The fraction of sp³-hybridized carbons (Fsp3) is 0. The quantitative estimate of drug-likeness (QED) is 0.0976. The molecule has 0 aliphatic heterocycles. The van der Waals surface area contributed by atoms with E-state index in [2.05, 4.69) is 45.8 Å². The van der Waals surface area contributed by atoms with E-state index < -0.39 is 58.4 Å². The van der Waals surface area contributed by atoms with E-state index in [0.29, 0.717) is 27.2 Å². The van der Waals surface area contributed by atoms with Crippen LogP contribution in [0.5, 0.6) is 0 Å². The molecule has 15 heteroatoms. The van der Waals surface area contributed by atoms with Crippen molar-refractivity contribution in [2.45, 2.75) is 0 Å². The van der Waals surface area contributed by atoms with Crippen LogP contribution in [0.3, 0.4) is 0 Å². The second-order valence-corrected chi connectivity index (χ2v) is 12.3. The van der Waals surface area contributed by atoms with Gasteiger partial charge < -0.3 is 0 Å². The third-order valence-electron chi connectivity index (χ3n) is 7.77. The van der Waals surface area contributed by atoms with E-state index in [1.807, 2.05) is 66.7 Å². The first kappa shape index (κ1) is 39.9. The standard InChI is InChI=1S/C21H11F4N3.C16H11BrN2.C5HF4N/c22-17-16(18(23)20(25)28-19(17)24)21-26-14(12-7-3-1-4-8-12)11-15(27-21)13-9-5-2-6-10-13;17-16-18-14(12-7-3-1-4-8-12)11-15(19-16)13-9-5-2-6-10-13;6-2-1-3(7)5(9)10-4(2)8/h1-11H;1-11H;1H. The van der Waals surface area contributed by atoms with Gasteiger partial charge in [-0.2, -0.15) is 27.5 Å². The molecular formula is C42H23BrF8N6. The van der Waals surface area contributed by atoms with E-state index in [1.165, 1.54) is 0 Å². The zero-order chi connectivity index (χ0) is 40.5. The predicted octanol–water partition coefficient (Wildman–Crippen LogP) is 11.6. The Morgan fingerprint density at radius 3 is 0.947 bits per heavy atom. The number of rotatable bonds is 5. The number of benzene rings is 4. The van der Waals surface area contributed by atoms with Crippen molar-refractivity contribution in [3.63, 3.8) is 0 Å². The zero-order valence-electron chi connectivity index (χ0n) is 28.9. The Morgan fingerprint density at radius 1 is 0.333 bits per heavy atom. The number of hydrogen-bond donors (Lipinski definition) is 0. The lowest BCUT2D eigenvalue weighted by molar-refractivity contribution is 0.407. The van der Waals surface area contributed by atoms with Crippen LogP contribution in [0.15, 0.2) is 144 Å². The molecule has 57 heavy (non-hydrogen) atoms. The lowest BCUT2D eigenvalue weighted by Crippen LogP contribution is -2.06. The third kappa shape index (κ3) is 9.93. The number of pyridine rings is 2. The monoisotopic (exact) mass is 842 g/mol. The Hall–Kier alpha value is -6.74. The fourth-order valence-corrected chi connectivity index (χ4v) is 5.49. The van der Waals surface area contributed by atoms with Gasteiger partial charge in [0.25, 0.3) is 23.8 Å². The molecule has 0 bridgehead atoms. The minimum Gasteiger partial charge on any atom is -0.228 e. The Balaban J connectivity index is 0.000000162. The van der Waals surface area contributed by atoms with Crippen molar-refractivity contribution in [3.8, 4) is 56.4 Å². The summed E-state index contributed by atoms with van der Waals surface area (Å²) in [5.74, 6) is -13.6. The maximum Gasteiger partial charge on any atom is 0.252 e. The first-order valence-corrected chi connectivity index (χ1v) is 17.3. The highest BCUT2D eigenvalue weighted by atomic mass is 79.9. The van der Waals surface area contributed by atoms with Crippen molar-refractivity contribution in [1.29, 1.82) is 0 Å². The molecule has 4 heterocycles. The molecule has 0 amide bonds. The SMILES string of the molecule is Brc1nc(-c2ccccc2)cc(-c2ccccc2)n1.Fc1cc(F)c(F)nc1F.Fc1nc(F)c(F)c(-c2nc(-c3ccccc3)cc(-c3ccccc3)n2)c1F.